The normalized spacial score (nSPS) is 12.6. The smallest absolute Gasteiger partial charge is 0.0369 e. The first-order valence-electron chi connectivity index (χ1n) is 6.40. The van der Waals surface area contributed by atoms with Gasteiger partial charge < -0.3 is 5.32 Å². The lowest BCUT2D eigenvalue weighted by Gasteiger charge is -2.19. The minimum Gasteiger partial charge on any atom is -0.310 e. The first-order valence-corrected chi connectivity index (χ1v) is 8.87. The molecule has 1 heterocycles. The van der Waals surface area contributed by atoms with Crippen molar-refractivity contribution in [1.82, 2.24) is 5.32 Å². The lowest BCUT2D eigenvalue weighted by Crippen LogP contribution is -2.23. The maximum absolute atomic E-state index is 3.64. The molecule has 0 spiro atoms. The first kappa shape index (κ1) is 15.2. The molecular formula is C15H17Br2NS. The van der Waals surface area contributed by atoms with E-state index in [-0.39, 0.29) is 0 Å². The second-order valence-corrected chi connectivity index (χ2v) is 7.36. The number of rotatable bonds is 6. The van der Waals surface area contributed by atoms with Gasteiger partial charge in [0.1, 0.15) is 0 Å². The number of thiophene rings is 1. The summed E-state index contributed by atoms with van der Waals surface area (Å²) in [7, 11) is 0. The predicted octanol–water partition coefficient (Wildman–Crippen LogP) is 5.56. The monoisotopic (exact) mass is 401 g/mol. The maximum atomic E-state index is 3.64. The molecule has 1 aromatic heterocycles. The van der Waals surface area contributed by atoms with E-state index in [1.165, 1.54) is 10.4 Å². The van der Waals surface area contributed by atoms with Crippen molar-refractivity contribution in [2.45, 2.75) is 25.8 Å². The van der Waals surface area contributed by atoms with Gasteiger partial charge in [0.2, 0.25) is 0 Å². The largest absolute Gasteiger partial charge is 0.310 e. The van der Waals surface area contributed by atoms with Crippen molar-refractivity contribution in [2.75, 3.05) is 6.54 Å². The zero-order valence-corrected chi connectivity index (χ0v) is 14.8. The van der Waals surface area contributed by atoms with Gasteiger partial charge in [0.05, 0.1) is 0 Å². The minimum atomic E-state index is 0.368. The van der Waals surface area contributed by atoms with Crippen LogP contribution in [0.25, 0.3) is 0 Å². The van der Waals surface area contributed by atoms with Gasteiger partial charge in [-0.25, -0.2) is 0 Å². The second kappa shape index (κ2) is 7.58. The van der Waals surface area contributed by atoms with E-state index >= 15 is 0 Å². The molecule has 0 radical (unpaired) electrons. The molecule has 0 saturated heterocycles. The van der Waals surface area contributed by atoms with Gasteiger partial charge in [-0.3, -0.25) is 0 Å². The van der Waals surface area contributed by atoms with Crippen molar-refractivity contribution >= 4 is 43.2 Å². The molecule has 19 heavy (non-hydrogen) atoms. The number of nitrogens with one attached hydrogen (secondary N) is 1. The summed E-state index contributed by atoms with van der Waals surface area (Å²) in [4.78, 5) is 1.42. The van der Waals surface area contributed by atoms with Crippen molar-refractivity contribution in [3.8, 4) is 0 Å². The SMILES string of the molecule is CCCNC(Cc1cccs1)c1cc(Br)cc(Br)c1. The van der Waals surface area contributed by atoms with E-state index < -0.39 is 0 Å². The van der Waals surface area contributed by atoms with Gasteiger partial charge in [0.15, 0.2) is 0 Å². The van der Waals surface area contributed by atoms with E-state index in [2.05, 4.69) is 79.8 Å². The molecule has 1 aromatic carbocycles. The lowest BCUT2D eigenvalue weighted by molar-refractivity contribution is 0.532. The van der Waals surface area contributed by atoms with Gasteiger partial charge >= 0.3 is 0 Å². The summed E-state index contributed by atoms with van der Waals surface area (Å²) in [5.41, 5.74) is 1.32. The summed E-state index contributed by atoms with van der Waals surface area (Å²) in [6, 6.07) is 11.2. The van der Waals surface area contributed by atoms with Gasteiger partial charge in [-0.1, -0.05) is 44.8 Å². The molecule has 0 bridgehead atoms. The van der Waals surface area contributed by atoms with E-state index in [4.69, 9.17) is 0 Å². The van der Waals surface area contributed by atoms with Crippen LogP contribution in [0.2, 0.25) is 0 Å². The molecule has 0 saturated carbocycles. The highest BCUT2D eigenvalue weighted by atomic mass is 79.9. The highest BCUT2D eigenvalue weighted by Gasteiger charge is 2.13. The molecule has 1 unspecified atom stereocenters. The molecule has 4 heteroatoms. The fraction of sp³-hybridized carbons (Fsp3) is 0.333. The van der Waals surface area contributed by atoms with Crippen LogP contribution in [0.5, 0.6) is 0 Å². The Labute approximate surface area is 135 Å². The average molecular weight is 403 g/mol. The molecule has 2 aromatic rings. The molecular weight excluding hydrogens is 386 g/mol. The van der Waals surface area contributed by atoms with Gasteiger partial charge in [-0.2, -0.15) is 0 Å². The molecule has 0 fully saturated rings. The van der Waals surface area contributed by atoms with Crippen molar-refractivity contribution in [2.24, 2.45) is 0 Å². The van der Waals surface area contributed by atoms with Crippen LogP contribution < -0.4 is 5.32 Å². The van der Waals surface area contributed by atoms with Crippen LogP contribution in [0.3, 0.4) is 0 Å². The summed E-state index contributed by atoms with van der Waals surface area (Å²) < 4.78 is 2.23. The Hall–Kier alpha value is -0.160. The summed E-state index contributed by atoms with van der Waals surface area (Å²) in [6.45, 7) is 3.24. The molecule has 1 N–H and O–H groups in total. The number of halogens is 2. The number of benzene rings is 1. The van der Waals surface area contributed by atoms with Crippen LogP contribution in [0, 0.1) is 0 Å². The highest BCUT2D eigenvalue weighted by Crippen LogP contribution is 2.27. The Balaban J connectivity index is 2.20. The standard InChI is InChI=1S/C15H17Br2NS/c1-2-5-18-15(10-14-4-3-6-19-14)11-7-12(16)9-13(17)8-11/h3-4,6-9,15,18H,2,5,10H2,1H3. The van der Waals surface area contributed by atoms with Gasteiger partial charge in [-0.15, -0.1) is 11.3 Å². The molecule has 2 rings (SSSR count). The molecule has 0 aliphatic carbocycles. The lowest BCUT2D eigenvalue weighted by atomic mass is 10.0. The quantitative estimate of drug-likeness (QED) is 0.667. The fourth-order valence-corrected chi connectivity index (χ4v) is 4.11. The summed E-state index contributed by atoms with van der Waals surface area (Å²) in [6.07, 6.45) is 2.19. The van der Waals surface area contributed by atoms with Crippen LogP contribution in [-0.4, -0.2) is 6.54 Å². The molecule has 1 atom stereocenters. The minimum absolute atomic E-state index is 0.368. The summed E-state index contributed by atoms with van der Waals surface area (Å²) in [5.74, 6) is 0. The Bertz CT molecular complexity index is 491. The zero-order valence-electron chi connectivity index (χ0n) is 10.8. The van der Waals surface area contributed by atoms with Crippen molar-refractivity contribution in [1.29, 1.82) is 0 Å². The van der Waals surface area contributed by atoms with Crippen molar-refractivity contribution in [3.05, 3.63) is 55.1 Å². The van der Waals surface area contributed by atoms with Crippen LogP contribution in [0.1, 0.15) is 29.8 Å². The molecule has 0 aliphatic rings. The van der Waals surface area contributed by atoms with Gasteiger partial charge in [0, 0.05) is 26.3 Å². The van der Waals surface area contributed by atoms with Crippen LogP contribution >= 0.6 is 43.2 Å². The van der Waals surface area contributed by atoms with Crippen LogP contribution in [0.4, 0.5) is 0 Å². The number of hydrogen-bond acceptors (Lipinski definition) is 2. The first-order chi connectivity index (χ1) is 9.19. The molecule has 0 aliphatic heterocycles. The molecule has 0 amide bonds. The van der Waals surface area contributed by atoms with Gasteiger partial charge in [-0.05, 0) is 48.2 Å². The van der Waals surface area contributed by atoms with E-state index in [0.717, 1.165) is 28.3 Å². The Kier molecular flexibility index (Phi) is 6.07. The third-order valence-corrected chi connectivity index (χ3v) is 4.73. The predicted molar refractivity (Wildman–Crippen MR) is 90.9 cm³/mol. The number of hydrogen-bond donors (Lipinski definition) is 1. The van der Waals surface area contributed by atoms with E-state index in [0.29, 0.717) is 6.04 Å². The van der Waals surface area contributed by atoms with Crippen LogP contribution in [0.15, 0.2) is 44.7 Å². The zero-order chi connectivity index (χ0) is 13.7. The third kappa shape index (κ3) is 4.71. The van der Waals surface area contributed by atoms with E-state index in [1.54, 1.807) is 0 Å². The van der Waals surface area contributed by atoms with Crippen LogP contribution in [-0.2, 0) is 6.42 Å². The van der Waals surface area contributed by atoms with E-state index in [9.17, 15) is 0 Å². The third-order valence-electron chi connectivity index (χ3n) is 2.91. The average Bonchev–Trinajstić information content (AvgIpc) is 2.86. The van der Waals surface area contributed by atoms with Gasteiger partial charge in [0.25, 0.3) is 0 Å². The molecule has 102 valence electrons. The topological polar surface area (TPSA) is 12.0 Å². The maximum Gasteiger partial charge on any atom is 0.0369 e. The Morgan fingerprint density at radius 3 is 2.53 bits per heavy atom. The van der Waals surface area contributed by atoms with Crippen molar-refractivity contribution in [3.63, 3.8) is 0 Å². The summed E-state index contributed by atoms with van der Waals surface area (Å²) >= 11 is 8.97. The fourth-order valence-electron chi connectivity index (χ4n) is 2.03. The molecule has 1 nitrogen and oxygen atoms in total. The Morgan fingerprint density at radius 2 is 1.95 bits per heavy atom. The van der Waals surface area contributed by atoms with Crippen molar-refractivity contribution < 1.29 is 0 Å². The van der Waals surface area contributed by atoms with E-state index in [1.807, 2.05) is 11.3 Å². The second-order valence-electron chi connectivity index (χ2n) is 4.49. The summed E-state index contributed by atoms with van der Waals surface area (Å²) in [5, 5.41) is 5.79. The highest BCUT2D eigenvalue weighted by molar-refractivity contribution is 9.11. The Morgan fingerprint density at radius 1 is 1.21 bits per heavy atom.